The second-order valence-corrected chi connectivity index (χ2v) is 10.6. The molecule has 8 nitrogen and oxygen atoms in total. The van der Waals surface area contributed by atoms with E-state index < -0.39 is 21.1 Å². The molecule has 0 atom stereocenters. The SMILES string of the molecule is Cn1cc(-c2ccc3c(c2)ncn3-c2cc(-c3ccccc3F)cc(NS(=O)(=O)C3CC3)n2)cn1. The molecule has 35 heavy (non-hydrogen) atoms. The molecule has 0 unspecified atom stereocenters. The Hall–Kier alpha value is -4.05. The second-order valence-electron chi connectivity index (χ2n) is 8.65. The van der Waals surface area contributed by atoms with Crippen LogP contribution in [0.4, 0.5) is 10.2 Å². The zero-order valence-electron chi connectivity index (χ0n) is 18.8. The third kappa shape index (κ3) is 4.06. The Morgan fingerprint density at radius 1 is 1.03 bits per heavy atom. The van der Waals surface area contributed by atoms with Crippen LogP contribution in [-0.2, 0) is 17.1 Å². The van der Waals surface area contributed by atoms with E-state index in [0.717, 1.165) is 22.2 Å². The molecule has 0 saturated heterocycles. The molecule has 6 rings (SSSR count). The number of rotatable bonds is 6. The topological polar surface area (TPSA) is 94.7 Å². The molecular formula is C25H21FN6O2S. The maximum absolute atomic E-state index is 14.6. The molecule has 5 aromatic rings. The van der Waals surface area contributed by atoms with Crippen LogP contribution in [0.15, 0.2) is 73.3 Å². The lowest BCUT2D eigenvalue weighted by molar-refractivity contribution is 0.600. The van der Waals surface area contributed by atoms with Gasteiger partial charge in [0.15, 0.2) is 0 Å². The lowest BCUT2D eigenvalue weighted by Gasteiger charge is -2.13. The van der Waals surface area contributed by atoms with Crippen LogP contribution in [0, 0.1) is 5.82 Å². The second kappa shape index (κ2) is 8.02. The Labute approximate surface area is 201 Å². The normalized spacial score (nSPS) is 13.9. The van der Waals surface area contributed by atoms with Crippen LogP contribution in [0.25, 0.3) is 39.1 Å². The Morgan fingerprint density at radius 3 is 2.60 bits per heavy atom. The molecule has 176 valence electrons. The number of halogens is 1. The summed E-state index contributed by atoms with van der Waals surface area (Å²) in [5.41, 5.74) is 4.33. The Kier molecular flexibility index (Phi) is 4.92. The molecule has 0 bridgehead atoms. The number of nitrogens with one attached hydrogen (secondary N) is 1. The van der Waals surface area contributed by atoms with Gasteiger partial charge in [0.1, 0.15) is 23.8 Å². The molecule has 1 aliphatic rings. The molecule has 2 aromatic carbocycles. The van der Waals surface area contributed by atoms with E-state index in [4.69, 9.17) is 0 Å². The van der Waals surface area contributed by atoms with Gasteiger partial charge in [0, 0.05) is 24.4 Å². The van der Waals surface area contributed by atoms with Crippen LogP contribution < -0.4 is 4.72 Å². The van der Waals surface area contributed by atoms with E-state index in [-0.39, 0.29) is 5.82 Å². The zero-order valence-corrected chi connectivity index (χ0v) is 19.6. The standard InChI is InChI=1S/C25H21FN6O2S/c1-31-14-18(13-28-31)16-6-9-23-22(10-16)27-15-32(23)25-12-17(20-4-2-3-5-21(20)26)11-24(29-25)30-35(33,34)19-7-8-19/h2-6,9-15,19H,7-8H2,1H3,(H,29,30). The van der Waals surface area contributed by atoms with E-state index in [2.05, 4.69) is 19.8 Å². The van der Waals surface area contributed by atoms with Gasteiger partial charge in [-0.2, -0.15) is 5.10 Å². The third-order valence-electron chi connectivity index (χ3n) is 6.04. The summed E-state index contributed by atoms with van der Waals surface area (Å²) in [5.74, 6) is 0.162. The number of pyridine rings is 1. The van der Waals surface area contributed by atoms with Crippen LogP contribution in [0.5, 0.6) is 0 Å². The number of aryl methyl sites for hydroxylation is 1. The van der Waals surface area contributed by atoms with Gasteiger partial charge in [-0.3, -0.25) is 14.0 Å². The van der Waals surface area contributed by atoms with E-state index in [1.807, 2.05) is 31.4 Å². The van der Waals surface area contributed by atoms with Crippen molar-refractivity contribution in [2.45, 2.75) is 18.1 Å². The molecule has 1 N–H and O–H groups in total. The number of anilines is 1. The molecule has 3 aromatic heterocycles. The Morgan fingerprint density at radius 2 is 1.86 bits per heavy atom. The molecule has 0 spiro atoms. The minimum absolute atomic E-state index is 0.140. The molecule has 1 fully saturated rings. The number of fused-ring (bicyclic) bond motifs is 1. The highest BCUT2D eigenvalue weighted by Crippen LogP contribution is 2.32. The van der Waals surface area contributed by atoms with Gasteiger partial charge in [0.25, 0.3) is 0 Å². The van der Waals surface area contributed by atoms with Gasteiger partial charge in [0.2, 0.25) is 10.0 Å². The first-order chi connectivity index (χ1) is 16.9. The fraction of sp³-hybridized carbons (Fsp3) is 0.160. The van der Waals surface area contributed by atoms with Crippen molar-refractivity contribution in [1.29, 1.82) is 0 Å². The van der Waals surface area contributed by atoms with Gasteiger partial charge in [-0.15, -0.1) is 0 Å². The number of hydrogen-bond acceptors (Lipinski definition) is 5. The van der Waals surface area contributed by atoms with Crippen LogP contribution >= 0.6 is 0 Å². The van der Waals surface area contributed by atoms with Crippen LogP contribution in [-0.4, -0.2) is 38.0 Å². The molecule has 0 amide bonds. The summed E-state index contributed by atoms with van der Waals surface area (Å²) in [6, 6.07) is 15.5. The maximum Gasteiger partial charge on any atom is 0.236 e. The minimum atomic E-state index is -3.55. The predicted octanol–water partition coefficient (Wildman–Crippen LogP) is 4.53. The summed E-state index contributed by atoms with van der Waals surface area (Å²) < 4.78 is 45.9. The zero-order chi connectivity index (χ0) is 24.2. The van der Waals surface area contributed by atoms with Crippen molar-refractivity contribution in [3.63, 3.8) is 0 Å². The summed E-state index contributed by atoms with van der Waals surface area (Å²) in [4.78, 5) is 9.09. The molecule has 3 heterocycles. The van der Waals surface area contributed by atoms with Crippen molar-refractivity contribution in [1.82, 2.24) is 24.3 Å². The highest BCUT2D eigenvalue weighted by Gasteiger charge is 2.36. The quantitative estimate of drug-likeness (QED) is 0.379. The van der Waals surface area contributed by atoms with E-state index in [1.54, 1.807) is 52.1 Å². The van der Waals surface area contributed by atoms with Gasteiger partial charge < -0.3 is 0 Å². The lowest BCUT2D eigenvalue weighted by Crippen LogP contribution is -2.18. The fourth-order valence-corrected chi connectivity index (χ4v) is 5.41. The number of hydrogen-bond donors (Lipinski definition) is 1. The van der Waals surface area contributed by atoms with Crippen molar-refractivity contribution >= 4 is 26.9 Å². The number of sulfonamides is 1. The van der Waals surface area contributed by atoms with E-state index >= 15 is 0 Å². The smallest absolute Gasteiger partial charge is 0.236 e. The average molecular weight is 489 g/mol. The van der Waals surface area contributed by atoms with Crippen LogP contribution in [0.2, 0.25) is 0 Å². The largest absolute Gasteiger partial charge is 0.283 e. The summed E-state index contributed by atoms with van der Waals surface area (Å²) in [6.45, 7) is 0. The predicted molar refractivity (Wildman–Crippen MR) is 132 cm³/mol. The average Bonchev–Trinajstić information content (AvgIpc) is 3.49. The van der Waals surface area contributed by atoms with Gasteiger partial charge in [0.05, 0.1) is 22.5 Å². The molecule has 0 aliphatic heterocycles. The summed E-state index contributed by atoms with van der Waals surface area (Å²) >= 11 is 0. The van der Waals surface area contributed by atoms with Crippen molar-refractivity contribution in [2.75, 3.05) is 4.72 Å². The van der Waals surface area contributed by atoms with Crippen LogP contribution in [0.1, 0.15) is 12.8 Å². The molecule has 1 saturated carbocycles. The highest BCUT2D eigenvalue weighted by molar-refractivity contribution is 7.93. The lowest BCUT2D eigenvalue weighted by atomic mass is 10.1. The number of imidazole rings is 1. The first-order valence-electron chi connectivity index (χ1n) is 11.1. The van der Waals surface area contributed by atoms with Crippen LogP contribution in [0.3, 0.4) is 0 Å². The maximum atomic E-state index is 14.6. The van der Waals surface area contributed by atoms with Crippen molar-refractivity contribution in [3.05, 3.63) is 79.1 Å². The fourth-order valence-electron chi connectivity index (χ4n) is 4.10. The molecule has 0 radical (unpaired) electrons. The number of aromatic nitrogens is 5. The highest BCUT2D eigenvalue weighted by atomic mass is 32.2. The van der Waals surface area contributed by atoms with Crippen molar-refractivity contribution < 1.29 is 12.8 Å². The van der Waals surface area contributed by atoms with E-state index in [1.165, 1.54) is 6.07 Å². The number of nitrogens with zero attached hydrogens (tertiary/aromatic N) is 5. The Bertz CT molecular complexity index is 1690. The van der Waals surface area contributed by atoms with Crippen molar-refractivity contribution in [3.8, 4) is 28.1 Å². The van der Waals surface area contributed by atoms with E-state index in [9.17, 15) is 12.8 Å². The van der Waals surface area contributed by atoms with Gasteiger partial charge in [-0.1, -0.05) is 24.3 Å². The minimum Gasteiger partial charge on any atom is -0.283 e. The van der Waals surface area contributed by atoms with Gasteiger partial charge in [-0.05, 0) is 54.3 Å². The Balaban J connectivity index is 1.47. The monoisotopic (exact) mass is 488 g/mol. The van der Waals surface area contributed by atoms with Gasteiger partial charge >= 0.3 is 0 Å². The number of benzene rings is 2. The first-order valence-corrected chi connectivity index (χ1v) is 12.7. The summed E-state index contributed by atoms with van der Waals surface area (Å²) in [7, 11) is -1.69. The summed E-state index contributed by atoms with van der Waals surface area (Å²) in [6.07, 6.45) is 6.59. The van der Waals surface area contributed by atoms with Crippen molar-refractivity contribution in [2.24, 2.45) is 7.05 Å². The summed E-state index contributed by atoms with van der Waals surface area (Å²) in [5, 5.41) is 3.81. The van der Waals surface area contributed by atoms with Gasteiger partial charge in [-0.25, -0.2) is 22.8 Å². The molecule has 10 heteroatoms. The first kappa shape index (κ1) is 21.5. The molecular weight excluding hydrogens is 467 g/mol. The molecule has 1 aliphatic carbocycles. The third-order valence-corrected chi connectivity index (χ3v) is 7.88. The van der Waals surface area contributed by atoms with E-state index in [0.29, 0.717) is 29.8 Å².